The predicted octanol–water partition coefficient (Wildman–Crippen LogP) is 3.13. The maximum absolute atomic E-state index is 2.40. The van der Waals surface area contributed by atoms with Crippen molar-refractivity contribution in [1.82, 2.24) is 0 Å². The molecule has 0 heterocycles. The van der Waals surface area contributed by atoms with Gasteiger partial charge in [-0.1, -0.05) is 31.2 Å². The van der Waals surface area contributed by atoms with Crippen LogP contribution in [0.5, 0.6) is 0 Å². The number of hydrogen-bond donors (Lipinski definition) is 0. The summed E-state index contributed by atoms with van der Waals surface area (Å²) in [6.07, 6.45) is 4.27. The fourth-order valence-corrected chi connectivity index (χ4v) is 2.75. The molecule has 1 aromatic rings. The number of benzene rings is 1. The van der Waals surface area contributed by atoms with E-state index >= 15 is 0 Å². The van der Waals surface area contributed by atoms with Crippen LogP contribution in [-0.4, -0.2) is 0 Å². The first-order valence-corrected chi connectivity index (χ1v) is 4.90. The summed E-state index contributed by atoms with van der Waals surface area (Å²) in [5, 5.41) is 0. The van der Waals surface area contributed by atoms with Crippen molar-refractivity contribution in [1.29, 1.82) is 0 Å². The van der Waals surface area contributed by atoms with Gasteiger partial charge in [-0.3, -0.25) is 0 Å². The molecule has 0 radical (unpaired) electrons. The fraction of sp³-hybridized carbons (Fsp3) is 0.500. The Bertz CT molecular complexity index is 321. The van der Waals surface area contributed by atoms with Gasteiger partial charge in [0.1, 0.15) is 0 Å². The second-order valence-corrected chi connectivity index (χ2v) is 4.46. The molecule has 2 aliphatic rings. The highest BCUT2D eigenvalue weighted by atomic mass is 14.6. The van der Waals surface area contributed by atoms with E-state index in [2.05, 4.69) is 31.2 Å². The van der Waals surface area contributed by atoms with Gasteiger partial charge >= 0.3 is 0 Å². The van der Waals surface area contributed by atoms with Crippen LogP contribution in [0.15, 0.2) is 24.3 Å². The molecule has 62 valence electrons. The molecule has 0 unspecified atom stereocenters. The summed E-state index contributed by atoms with van der Waals surface area (Å²) in [4.78, 5) is 0. The minimum Gasteiger partial charge on any atom is -0.0620 e. The van der Waals surface area contributed by atoms with Crippen LogP contribution in [0.4, 0.5) is 0 Å². The van der Waals surface area contributed by atoms with Crippen LogP contribution in [0.1, 0.15) is 36.8 Å². The molecule has 0 nitrogen and oxygen atoms in total. The Morgan fingerprint density at radius 1 is 1.25 bits per heavy atom. The van der Waals surface area contributed by atoms with Crippen molar-refractivity contribution in [3.63, 3.8) is 0 Å². The number of hydrogen-bond acceptors (Lipinski definition) is 0. The van der Waals surface area contributed by atoms with E-state index < -0.39 is 0 Å². The van der Waals surface area contributed by atoms with Crippen molar-refractivity contribution < 1.29 is 0 Å². The summed E-state index contributed by atoms with van der Waals surface area (Å²) in [6, 6.07) is 8.97. The van der Waals surface area contributed by atoms with Gasteiger partial charge in [-0.2, -0.15) is 0 Å². The molecule has 1 aromatic carbocycles. The largest absolute Gasteiger partial charge is 0.0620 e. The Kier molecular flexibility index (Phi) is 1.08. The normalized spacial score (nSPS) is 28.9. The summed E-state index contributed by atoms with van der Waals surface area (Å²) >= 11 is 0. The molecule has 0 amide bonds. The maximum atomic E-state index is 2.40. The van der Waals surface area contributed by atoms with Crippen molar-refractivity contribution in [2.45, 2.75) is 32.1 Å². The van der Waals surface area contributed by atoms with E-state index in [0.29, 0.717) is 5.41 Å². The van der Waals surface area contributed by atoms with Gasteiger partial charge in [0.2, 0.25) is 0 Å². The highest BCUT2D eigenvalue weighted by Gasteiger charge is 2.51. The third-order valence-electron chi connectivity index (χ3n) is 3.87. The Balaban J connectivity index is 2.13. The van der Waals surface area contributed by atoms with Crippen molar-refractivity contribution in [2.75, 3.05) is 0 Å². The van der Waals surface area contributed by atoms with Crippen molar-refractivity contribution in [2.24, 2.45) is 5.41 Å². The Morgan fingerprint density at radius 3 is 2.67 bits per heavy atom. The zero-order valence-corrected chi connectivity index (χ0v) is 7.51. The lowest BCUT2D eigenvalue weighted by Gasteiger charge is -2.12. The highest BCUT2D eigenvalue weighted by Crippen LogP contribution is 2.62. The molecule has 0 aliphatic heterocycles. The Hall–Kier alpha value is -0.780. The lowest BCUT2D eigenvalue weighted by atomic mass is 9.92. The van der Waals surface area contributed by atoms with E-state index in [1.54, 1.807) is 11.1 Å². The average molecular weight is 158 g/mol. The van der Waals surface area contributed by atoms with Crippen molar-refractivity contribution in [3.05, 3.63) is 35.4 Å². The van der Waals surface area contributed by atoms with Gasteiger partial charge in [0.05, 0.1) is 0 Å². The zero-order chi connectivity index (χ0) is 8.18. The Morgan fingerprint density at radius 2 is 2.00 bits per heavy atom. The van der Waals surface area contributed by atoms with Gasteiger partial charge in [-0.25, -0.2) is 0 Å². The molecule has 1 saturated carbocycles. The summed E-state index contributed by atoms with van der Waals surface area (Å²) in [6.45, 7) is 2.40. The molecule has 2 aliphatic carbocycles. The average Bonchev–Trinajstić information content (AvgIpc) is 2.79. The molecule has 0 aromatic heterocycles. The lowest BCUT2D eigenvalue weighted by Crippen LogP contribution is -2.03. The van der Waals surface area contributed by atoms with Gasteiger partial charge in [0.15, 0.2) is 0 Å². The van der Waals surface area contributed by atoms with Crippen molar-refractivity contribution >= 4 is 0 Å². The molecule has 12 heavy (non-hydrogen) atoms. The quantitative estimate of drug-likeness (QED) is 0.544. The third-order valence-corrected chi connectivity index (χ3v) is 3.87. The van der Waals surface area contributed by atoms with Gasteiger partial charge in [-0.05, 0) is 41.7 Å². The molecular formula is C12H14. The maximum Gasteiger partial charge on any atom is -0.0128 e. The molecular weight excluding hydrogens is 144 g/mol. The topological polar surface area (TPSA) is 0 Å². The third kappa shape index (κ3) is 0.682. The molecule has 3 rings (SSSR count). The standard InChI is InChI=1S/C12H14/c1-9-11-5-3-2-4-10(11)8-12(9)6-7-12/h2-5,9H,6-8H2,1H3/t9-/m0/s1. The molecule has 0 bridgehead atoms. The van der Waals surface area contributed by atoms with E-state index in [1.807, 2.05) is 0 Å². The van der Waals surface area contributed by atoms with Crippen LogP contribution < -0.4 is 0 Å². The number of fused-ring (bicyclic) bond motifs is 1. The van der Waals surface area contributed by atoms with Gasteiger partial charge in [0.25, 0.3) is 0 Å². The monoisotopic (exact) mass is 158 g/mol. The van der Waals surface area contributed by atoms with Gasteiger partial charge in [0, 0.05) is 0 Å². The second kappa shape index (κ2) is 1.93. The van der Waals surface area contributed by atoms with E-state index in [-0.39, 0.29) is 0 Å². The SMILES string of the molecule is C[C@H]1c2ccccc2CC12CC2. The molecule has 1 spiro atoms. The van der Waals surface area contributed by atoms with Crippen LogP contribution in [0, 0.1) is 5.41 Å². The van der Waals surface area contributed by atoms with Gasteiger partial charge in [-0.15, -0.1) is 0 Å². The van der Waals surface area contributed by atoms with Crippen LogP contribution >= 0.6 is 0 Å². The predicted molar refractivity (Wildman–Crippen MR) is 50.2 cm³/mol. The summed E-state index contributed by atoms with van der Waals surface area (Å²) in [5.74, 6) is 0.827. The smallest absolute Gasteiger partial charge is 0.0128 e. The van der Waals surface area contributed by atoms with Crippen molar-refractivity contribution in [3.8, 4) is 0 Å². The minimum absolute atomic E-state index is 0.712. The van der Waals surface area contributed by atoms with Crippen LogP contribution in [-0.2, 0) is 6.42 Å². The lowest BCUT2D eigenvalue weighted by molar-refractivity contribution is 0.463. The van der Waals surface area contributed by atoms with Crippen LogP contribution in [0.2, 0.25) is 0 Å². The first kappa shape index (κ1) is 6.71. The molecule has 0 N–H and O–H groups in total. The molecule has 0 saturated heterocycles. The van der Waals surface area contributed by atoms with Crippen LogP contribution in [0.3, 0.4) is 0 Å². The van der Waals surface area contributed by atoms with Gasteiger partial charge < -0.3 is 0 Å². The summed E-state index contributed by atoms with van der Waals surface area (Å²) in [5.41, 5.74) is 3.95. The summed E-state index contributed by atoms with van der Waals surface area (Å²) in [7, 11) is 0. The summed E-state index contributed by atoms with van der Waals surface area (Å²) < 4.78 is 0. The minimum atomic E-state index is 0.712. The van der Waals surface area contributed by atoms with E-state index in [9.17, 15) is 0 Å². The molecule has 0 heteroatoms. The highest BCUT2D eigenvalue weighted by molar-refractivity contribution is 5.40. The van der Waals surface area contributed by atoms with E-state index in [1.165, 1.54) is 19.3 Å². The molecule has 1 atom stereocenters. The zero-order valence-electron chi connectivity index (χ0n) is 7.51. The first-order valence-electron chi connectivity index (χ1n) is 4.90. The fourth-order valence-electron chi connectivity index (χ4n) is 2.75. The van der Waals surface area contributed by atoms with E-state index in [4.69, 9.17) is 0 Å². The second-order valence-electron chi connectivity index (χ2n) is 4.46. The Labute approximate surface area is 73.6 Å². The first-order chi connectivity index (χ1) is 5.82. The number of rotatable bonds is 0. The van der Waals surface area contributed by atoms with E-state index in [0.717, 1.165) is 5.92 Å². The molecule has 1 fully saturated rings. The van der Waals surface area contributed by atoms with Crippen LogP contribution in [0.25, 0.3) is 0 Å².